The van der Waals surface area contributed by atoms with Gasteiger partial charge < -0.3 is 4.74 Å². The molecule has 0 bridgehead atoms. The topological polar surface area (TPSA) is 52.4 Å². The predicted octanol–water partition coefficient (Wildman–Crippen LogP) is 5.19. The number of nitro benzene ring substituents is 1. The zero-order chi connectivity index (χ0) is 14.9. The zero-order valence-corrected chi connectivity index (χ0v) is 12.7. The van der Waals surface area contributed by atoms with E-state index in [1.807, 2.05) is 0 Å². The molecule has 0 saturated carbocycles. The molecular weight excluding hydrogens is 404 g/mol. The number of benzene rings is 2. The summed E-state index contributed by atoms with van der Waals surface area (Å²) in [5.41, 5.74) is -0.362. The fraction of sp³-hybridized carbons (Fsp3) is 0. The van der Waals surface area contributed by atoms with Crippen molar-refractivity contribution in [3.05, 3.63) is 61.0 Å². The monoisotopic (exact) mass is 407 g/mol. The SMILES string of the molecule is O=[N+]([O-])c1cc(Br)ccc1Oc1cc(Br)cc(F)c1F. The fourth-order valence-electron chi connectivity index (χ4n) is 1.44. The first kappa shape index (κ1) is 14.9. The van der Waals surface area contributed by atoms with Crippen molar-refractivity contribution in [1.82, 2.24) is 0 Å². The van der Waals surface area contributed by atoms with Crippen LogP contribution >= 0.6 is 31.9 Å². The van der Waals surface area contributed by atoms with Crippen LogP contribution in [0.2, 0.25) is 0 Å². The molecule has 0 N–H and O–H groups in total. The van der Waals surface area contributed by atoms with E-state index in [2.05, 4.69) is 31.9 Å². The maximum absolute atomic E-state index is 13.6. The van der Waals surface area contributed by atoms with Crippen molar-refractivity contribution in [2.75, 3.05) is 0 Å². The Morgan fingerprint density at radius 1 is 1.05 bits per heavy atom. The van der Waals surface area contributed by atoms with Crippen LogP contribution in [0, 0.1) is 21.7 Å². The van der Waals surface area contributed by atoms with E-state index < -0.39 is 22.3 Å². The standard InChI is InChI=1S/C12H5Br2F2NO3/c13-6-1-2-10(9(4-6)17(18)19)20-11-5-7(14)3-8(15)12(11)16/h1-5H. The highest BCUT2D eigenvalue weighted by molar-refractivity contribution is 9.10. The molecule has 0 aliphatic rings. The summed E-state index contributed by atoms with van der Waals surface area (Å²) in [7, 11) is 0. The minimum absolute atomic E-state index is 0.186. The number of hydrogen-bond donors (Lipinski definition) is 0. The molecule has 0 radical (unpaired) electrons. The van der Waals surface area contributed by atoms with E-state index in [0.717, 1.165) is 6.07 Å². The molecule has 0 aliphatic carbocycles. The largest absolute Gasteiger partial charge is 0.447 e. The number of halogens is 4. The maximum Gasteiger partial charge on any atom is 0.312 e. The highest BCUT2D eigenvalue weighted by atomic mass is 79.9. The van der Waals surface area contributed by atoms with Gasteiger partial charge in [0.2, 0.25) is 11.6 Å². The smallest absolute Gasteiger partial charge is 0.312 e. The molecule has 8 heteroatoms. The van der Waals surface area contributed by atoms with Crippen molar-refractivity contribution in [2.45, 2.75) is 0 Å². The quantitative estimate of drug-likeness (QED) is 0.399. The second-order valence-corrected chi connectivity index (χ2v) is 5.50. The Balaban J connectivity index is 2.48. The molecule has 0 heterocycles. The summed E-state index contributed by atoms with van der Waals surface area (Å²) in [5, 5.41) is 10.9. The summed E-state index contributed by atoms with van der Waals surface area (Å²) in [6.07, 6.45) is 0. The van der Waals surface area contributed by atoms with Gasteiger partial charge >= 0.3 is 5.69 Å². The molecule has 0 saturated heterocycles. The highest BCUT2D eigenvalue weighted by Gasteiger charge is 2.19. The molecule has 0 aliphatic heterocycles. The normalized spacial score (nSPS) is 10.4. The van der Waals surface area contributed by atoms with Gasteiger partial charge in [-0.15, -0.1) is 0 Å². The molecule has 4 nitrogen and oxygen atoms in total. The van der Waals surface area contributed by atoms with Crippen LogP contribution in [0.5, 0.6) is 11.5 Å². The van der Waals surface area contributed by atoms with Crippen LogP contribution in [-0.4, -0.2) is 4.92 Å². The van der Waals surface area contributed by atoms with Gasteiger partial charge in [0, 0.05) is 15.0 Å². The molecule has 20 heavy (non-hydrogen) atoms. The first-order valence-electron chi connectivity index (χ1n) is 5.15. The van der Waals surface area contributed by atoms with Crippen LogP contribution in [0.4, 0.5) is 14.5 Å². The minimum atomic E-state index is -1.22. The van der Waals surface area contributed by atoms with Crippen molar-refractivity contribution in [2.24, 2.45) is 0 Å². The Bertz CT molecular complexity index is 695. The average molecular weight is 409 g/mol. The summed E-state index contributed by atoms with van der Waals surface area (Å²) in [6, 6.07) is 6.11. The average Bonchev–Trinajstić information content (AvgIpc) is 2.37. The van der Waals surface area contributed by atoms with Gasteiger partial charge in [0.25, 0.3) is 0 Å². The Kier molecular flexibility index (Phi) is 4.34. The molecule has 0 unspecified atom stereocenters. The molecule has 0 aromatic heterocycles. The maximum atomic E-state index is 13.6. The van der Waals surface area contributed by atoms with E-state index in [4.69, 9.17) is 4.74 Å². The molecule has 104 valence electrons. The number of hydrogen-bond acceptors (Lipinski definition) is 3. The lowest BCUT2D eigenvalue weighted by molar-refractivity contribution is -0.385. The lowest BCUT2D eigenvalue weighted by atomic mass is 10.3. The number of nitro groups is 1. The molecule has 0 atom stereocenters. The molecule has 2 aromatic rings. The number of nitrogens with zero attached hydrogens (tertiary/aromatic N) is 1. The third-order valence-electron chi connectivity index (χ3n) is 2.30. The molecule has 2 aromatic carbocycles. The molecule has 0 spiro atoms. The lowest BCUT2D eigenvalue weighted by Gasteiger charge is -2.08. The van der Waals surface area contributed by atoms with Crippen LogP contribution in [0.1, 0.15) is 0 Å². The van der Waals surface area contributed by atoms with Gasteiger partial charge in [0.1, 0.15) is 0 Å². The third kappa shape index (κ3) is 3.13. The predicted molar refractivity (Wildman–Crippen MR) is 74.9 cm³/mol. The van der Waals surface area contributed by atoms with Gasteiger partial charge in [0.15, 0.2) is 11.6 Å². The van der Waals surface area contributed by atoms with Gasteiger partial charge in [-0.2, -0.15) is 4.39 Å². The molecular formula is C12H5Br2F2NO3. The van der Waals surface area contributed by atoms with Gasteiger partial charge in [-0.05, 0) is 24.3 Å². The van der Waals surface area contributed by atoms with Crippen molar-refractivity contribution in [3.8, 4) is 11.5 Å². The lowest BCUT2D eigenvalue weighted by Crippen LogP contribution is -1.96. The van der Waals surface area contributed by atoms with E-state index >= 15 is 0 Å². The summed E-state index contributed by atoms with van der Waals surface area (Å²) in [5.74, 6) is -2.96. The van der Waals surface area contributed by atoms with Crippen LogP contribution in [-0.2, 0) is 0 Å². The second-order valence-electron chi connectivity index (χ2n) is 3.67. The number of rotatable bonds is 3. The van der Waals surface area contributed by atoms with Crippen LogP contribution < -0.4 is 4.74 Å². The van der Waals surface area contributed by atoms with E-state index in [1.165, 1.54) is 24.3 Å². The Hall–Kier alpha value is -1.54. The van der Waals surface area contributed by atoms with Crippen molar-refractivity contribution in [1.29, 1.82) is 0 Å². The number of ether oxygens (including phenoxy) is 1. The van der Waals surface area contributed by atoms with Gasteiger partial charge in [-0.25, -0.2) is 4.39 Å². The van der Waals surface area contributed by atoms with Crippen LogP contribution in [0.25, 0.3) is 0 Å². The van der Waals surface area contributed by atoms with Crippen LogP contribution in [0.15, 0.2) is 39.3 Å². The van der Waals surface area contributed by atoms with Crippen molar-refractivity contribution < 1.29 is 18.4 Å². The molecule has 2 rings (SSSR count). The third-order valence-corrected chi connectivity index (χ3v) is 3.25. The Morgan fingerprint density at radius 2 is 1.75 bits per heavy atom. The van der Waals surface area contributed by atoms with Crippen molar-refractivity contribution >= 4 is 37.5 Å². The van der Waals surface area contributed by atoms with Crippen molar-refractivity contribution in [3.63, 3.8) is 0 Å². The van der Waals surface area contributed by atoms with E-state index in [-0.39, 0.29) is 15.9 Å². The van der Waals surface area contributed by atoms with Crippen LogP contribution in [0.3, 0.4) is 0 Å². The summed E-state index contributed by atoms with van der Waals surface area (Å²) >= 11 is 6.08. The summed E-state index contributed by atoms with van der Waals surface area (Å²) in [6.45, 7) is 0. The summed E-state index contributed by atoms with van der Waals surface area (Å²) < 4.78 is 32.7. The highest BCUT2D eigenvalue weighted by Crippen LogP contribution is 2.36. The minimum Gasteiger partial charge on any atom is -0.447 e. The first-order chi connectivity index (χ1) is 9.38. The first-order valence-corrected chi connectivity index (χ1v) is 6.73. The van der Waals surface area contributed by atoms with Gasteiger partial charge in [0.05, 0.1) is 4.92 Å². The van der Waals surface area contributed by atoms with E-state index in [9.17, 15) is 18.9 Å². The second kappa shape index (κ2) is 5.84. The zero-order valence-electron chi connectivity index (χ0n) is 9.57. The van der Waals surface area contributed by atoms with Gasteiger partial charge in [-0.1, -0.05) is 31.9 Å². The van der Waals surface area contributed by atoms with E-state index in [0.29, 0.717) is 4.47 Å². The van der Waals surface area contributed by atoms with Gasteiger partial charge in [-0.3, -0.25) is 10.1 Å². The molecule has 0 amide bonds. The Morgan fingerprint density at radius 3 is 2.40 bits per heavy atom. The molecule has 0 fully saturated rings. The fourth-order valence-corrected chi connectivity index (χ4v) is 2.20. The van der Waals surface area contributed by atoms with E-state index in [1.54, 1.807) is 0 Å². The Labute approximate surface area is 128 Å². The summed E-state index contributed by atoms with van der Waals surface area (Å²) in [4.78, 5) is 10.2.